The molecule has 1 aliphatic heterocycles. The van der Waals surface area contributed by atoms with Crippen molar-refractivity contribution in [3.05, 3.63) is 83.2 Å². The van der Waals surface area contributed by atoms with E-state index >= 15 is 0 Å². The molecule has 1 amide bonds. The third-order valence-corrected chi connectivity index (χ3v) is 7.88. The molecule has 218 valence electrons. The zero-order valence-electron chi connectivity index (χ0n) is 23.7. The first-order valence-corrected chi connectivity index (χ1v) is 14.4. The number of ether oxygens (including phenoxy) is 3. The highest BCUT2D eigenvalue weighted by Crippen LogP contribution is 2.46. The number of aromatic nitrogens is 1. The van der Waals surface area contributed by atoms with Crippen molar-refractivity contribution in [1.29, 1.82) is 0 Å². The summed E-state index contributed by atoms with van der Waals surface area (Å²) in [5.41, 5.74) is 1.17. The second-order valence-electron chi connectivity index (χ2n) is 10.2. The van der Waals surface area contributed by atoms with E-state index in [1.807, 2.05) is 6.92 Å². The lowest BCUT2D eigenvalue weighted by Crippen LogP contribution is -2.29. The number of thiazole rings is 1. The van der Waals surface area contributed by atoms with Crippen molar-refractivity contribution >= 4 is 44.1 Å². The fourth-order valence-electron chi connectivity index (χ4n) is 4.77. The first-order valence-electron chi connectivity index (χ1n) is 13.6. The summed E-state index contributed by atoms with van der Waals surface area (Å²) in [6.07, 6.45) is 0.851. The molecule has 5 rings (SSSR count). The molecule has 3 aromatic carbocycles. The van der Waals surface area contributed by atoms with E-state index in [4.69, 9.17) is 14.2 Å². The Kier molecular flexibility index (Phi) is 8.44. The molecule has 1 N–H and O–H groups in total. The van der Waals surface area contributed by atoms with Gasteiger partial charge in [-0.2, -0.15) is 0 Å². The molecule has 0 saturated carbocycles. The number of aliphatic hydroxyl groups is 1. The van der Waals surface area contributed by atoms with E-state index in [9.17, 15) is 19.1 Å². The summed E-state index contributed by atoms with van der Waals surface area (Å²) in [7, 11) is 1.51. The van der Waals surface area contributed by atoms with Gasteiger partial charge in [0, 0.05) is 5.56 Å². The van der Waals surface area contributed by atoms with Crippen LogP contribution < -0.4 is 19.1 Å². The minimum Gasteiger partial charge on any atom is -0.507 e. The summed E-state index contributed by atoms with van der Waals surface area (Å²) in [4.78, 5) is 33.0. The van der Waals surface area contributed by atoms with Crippen molar-refractivity contribution in [2.24, 2.45) is 5.92 Å². The Balaban J connectivity index is 1.66. The van der Waals surface area contributed by atoms with Gasteiger partial charge in [0.1, 0.15) is 17.3 Å². The van der Waals surface area contributed by atoms with Crippen molar-refractivity contribution in [2.45, 2.75) is 33.2 Å². The zero-order valence-corrected chi connectivity index (χ0v) is 24.5. The Morgan fingerprint density at radius 1 is 1.07 bits per heavy atom. The number of ketones is 1. The van der Waals surface area contributed by atoms with Gasteiger partial charge in [-0.1, -0.05) is 43.4 Å². The van der Waals surface area contributed by atoms with Crippen molar-refractivity contribution in [3.8, 4) is 17.2 Å². The van der Waals surface area contributed by atoms with Gasteiger partial charge in [0.25, 0.3) is 5.78 Å². The highest BCUT2D eigenvalue weighted by Gasteiger charge is 2.48. The third-order valence-electron chi connectivity index (χ3n) is 6.86. The number of halogens is 1. The van der Waals surface area contributed by atoms with Gasteiger partial charge >= 0.3 is 5.91 Å². The maximum atomic E-state index is 14.0. The molecule has 1 atom stereocenters. The molecule has 1 unspecified atom stereocenters. The predicted octanol–water partition coefficient (Wildman–Crippen LogP) is 6.89. The monoisotopic (exact) mass is 590 g/mol. The number of carbonyl (C=O) groups is 2. The number of carbonyl (C=O) groups excluding carboxylic acids is 2. The lowest BCUT2D eigenvalue weighted by atomic mass is 9.95. The van der Waals surface area contributed by atoms with E-state index in [0.717, 1.165) is 17.8 Å². The summed E-state index contributed by atoms with van der Waals surface area (Å²) in [5, 5.41) is 11.7. The smallest absolute Gasteiger partial charge is 0.301 e. The van der Waals surface area contributed by atoms with E-state index in [1.54, 1.807) is 42.5 Å². The Bertz CT molecular complexity index is 1680. The predicted molar refractivity (Wildman–Crippen MR) is 160 cm³/mol. The lowest BCUT2D eigenvalue weighted by Gasteiger charge is -2.24. The van der Waals surface area contributed by atoms with Gasteiger partial charge < -0.3 is 19.3 Å². The maximum Gasteiger partial charge on any atom is 0.301 e. The van der Waals surface area contributed by atoms with Gasteiger partial charge in [0.2, 0.25) is 0 Å². The molecule has 1 fully saturated rings. The number of aliphatic hydroxyl groups excluding tert-OH is 1. The van der Waals surface area contributed by atoms with Crippen molar-refractivity contribution in [2.75, 3.05) is 25.2 Å². The van der Waals surface area contributed by atoms with Gasteiger partial charge in [-0.25, -0.2) is 9.37 Å². The van der Waals surface area contributed by atoms with Crippen LogP contribution in [-0.2, 0) is 9.59 Å². The summed E-state index contributed by atoms with van der Waals surface area (Å²) in [6.45, 7) is 6.95. The topological polar surface area (TPSA) is 98.2 Å². The second kappa shape index (κ2) is 12.2. The number of Topliss-reactive ketones (excluding diaryl/α,β-unsaturated/α-hetero) is 1. The fraction of sp³-hybridized carbons (Fsp3) is 0.281. The van der Waals surface area contributed by atoms with Crippen LogP contribution in [0.3, 0.4) is 0 Å². The molecule has 1 aliphatic rings. The van der Waals surface area contributed by atoms with Crippen LogP contribution in [0.5, 0.6) is 17.2 Å². The van der Waals surface area contributed by atoms with Crippen LogP contribution in [0.2, 0.25) is 0 Å². The average Bonchev–Trinajstić information content (AvgIpc) is 3.50. The molecular weight excluding hydrogens is 559 g/mol. The van der Waals surface area contributed by atoms with E-state index in [-0.39, 0.29) is 16.5 Å². The van der Waals surface area contributed by atoms with Crippen LogP contribution in [0.1, 0.15) is 44.4 Å². The SMILES string of the molecule is CCOc1cccc(C(O)=C2C(=O)C(=O)N(c3nc4ccc(F)cc4s3)C2c2ccc(OCCC(C)C)c(OC)c2)c1. The minimum atomic E-state index is -1.05. The van der Waals surface area contributed by atoms with Crippen LogP contribution in [-0.4, -0.2) is 42.1 Å². The normalized spacial score (nSPS) is 16.4. The average molecular weight is 591 g/mol. The maximum absolute atomic E-state index is 14.0. The molecule has 0 radical (unpaired) electrons. The van der Waals surface area contributed by atoms with Crippen LogP contribution in [0.25, 0.3) is 16.0 Å². The molecule has 1 saturated heterocycles. The Hall–Kier alpha value is -4.44. The number of methoxy groups -OCH3 is 1. The van der Waals surface area contributed by atoms with E-state index in [1.165, 1.54) is 30.2 Å². The Morgan fingerprint density at radius 3 is 2.62 bits per heavy atom. The van der Waals surface area contributed by atoms with Crippen LogP contribution in [0.15, 0.2) is 66.2 Å². The van der Waals surface area contributed by atoms with Crippen molar-refractivity contribution in [3.63, 3.8) is 0 Å². The molecular formula is C32H31FN2O6S. The van der Waals surface area contributed by atoms with Crippen LogP contribution in [0, 0.1) is 11.7 Å². The number of hydrogen-bond acceptors (Lipinski definition) is 8. The lowest BCUT2D eigenvalue weighted by molar-refractivity contribution is -0.132. The van der Waals surface area contributed by atoms with Gasteiger partial charge in [0.15, 0.2) is 16.6 Å². The highest BCUT2D eigenvalue weighted by atomic mass is 32.1. The summed E-state index contributed by atoms with van der Waals surface area (Å²) in [6, 6.07) is 14.9. The van der Waals surface area contributed by atoms with Crippen LogP contribution >= 0.6 is 11.3 Å². The van der Waals surface area contributed by atoms with E-state index < -0.39 is 23.5 Å². The van der Waals surface area contributed by atoms with E-state index in [0.29, 0.717) is 57.7 Å². The summed E-state index contributed by atoms with van der Waals surface area (Å²) >= 11 is 1.08. The third kappa shape index (κ3) is 5.67. The minimum absolute atomic E-state index is 0.116. The number of nitrogens with zero attached hydrogens (tertiary/aromatic N) is 2. The summed E-state index contributed by atoms with van der Waals surface area (Å²) < 4.78 is 31.6. The fourth-order valence-corrected chi connectivity index (χ4v) is 5.79. The molecule has 0 spiro atoms. The number of hydrogen-bond donors (Lipinski definition) is 1. The van der Waals surface area contributed by atoms with Crippen LogP contribution in [0.4, 0.5) is 9.52 Å². The number of rotatable bonds is 10. The molecule has 10 heteroatoms. The number of fused-ring (bicyclic) bond motifs is 1. The first kappa shape index (κ1) is 29.1. The molecule has 2 heterocycles. The van der Waals surface area contributed by atoms with Gasteiger partial charge in [0.05, 0.1) is 42.2 Å². The van der Waals surface area contributed by atoms with Gasteiger partial charge in [-0.05, 0) is 67.3 Å². The highest BCUT2D eigenvalue weighted by molar-refractivity contribution is 7.22. The largest absolute Gasteiger partial charge is 0.507 e. The van der Waals surface area contributed by atoms with Gasteiger partial charge in [-0.15, -0.1) is 0 Å². The molecule has 42 heavy (non-hydrogen) atoms. The molecule has 0 aliphatic carbocycles. The van der Waals surface area contributed by atoms with Crippen molar-refractivity contribution < 1.29 is 33.3 Å². The Morgan fingerprint density at radius 2 is 1.88 bits per heavy atom. The van der Waals surface area contributed by atoms with E-state index in [2.05, 4.69) is 18.8 Å². The number of anilines is 1. The molecule has 1 aromatic heterocycles. The molecule has 0 bridgehead atoms. The molecule has 4 aromatic rings. The second-order valence-corrected chi connectivity index (χ2v) is 11.2. The first-order chi connectivity index (χ1) is 20.2. The standard InChI is InChI=1S/C32H31FN2O6S/c1-5-40-22-8-6-7-20(15-22)29(36)27-28(19-9-12-24(25(16-19)39-4)41-14-13-18(2)3)35(31(38)30(27)37)32-34-23-11-10-21(33)17-26(23)42-32/h6-12,15-18,28,36H,5,13-14H2,1-4H3. The number of benzene rings is 3. The summed E-state index contributed by atoms with van der Waals surface area (Å²) in [5.74, 6) is -0.651. The molecule has 8 nitrogen and oxygen atoms in total. The quantitative estimate of drug-likeness (QED) is 0.122. The Labute approximate surface area is 247 Å². The van der Waals surface area contributed by atoms with Crippen molar-refractivity contribution in [1.82, 2.24) is 4.98 Å². The zero-order chi connectivity index (χ0) is 30.0. The van der Waals surface area contributed by atoms with Gasteiger partial charge in [-0.3, -0.25) is 14.5 Å². The number of amides is 1.